The van der Waals surface area contributed by atoms with Crippen molar-refractivity contribution in [2.45, 2.75) is 19.6 Å². The van der Waals surface area contributed by atoms with Crippen LogP contribution >= 0.6 is 8.19 Å². The minimum absolute atomic E-state index is 0.775. The van der Waals surface area contributed by atoms with Crippen molar-refractivity contribution in [2.75, 3.05) is 0 Å². The molecule has 21 heavy (non-hydrogen) atoms. The molecule has 0 aliphatic rings. The summed E-state index contributed by atoms with van der Waals surface area (Å²) in [6, 6.07) is 24.2. The summed E-state index contributed by atoms with van der Waals surface area (Å²) in [5.41, 5.74) is 2.77. The van der Waals surface area contributed by atoms with Crippen LogP contribution in [-0.4, -0.2) is 8.07 Å². The van der Waals surface area contributed by atoms with Crippen molar-refractivity contribution >= 4 is 21.5 Å². The van der Waals surface area contributed by atoms with Gasteiger partial charge in [0.1, 0.15) is 0 Å². The minimum atomic E-state index is -1.33. The predicted octanol–water partition coefficient (Wildman–Crippen LogP) is 5.60. The molecule has 0 radical (unpaired) electrons. The van der Waals surface area contributed by atoms with Gasteiger partial charge in [-0.1, -0.05) is 86.4 Å². The smallest absolute Gasteiger partial charge is 0.0788 e. The topological polar surface area (TPSA) is 0 Å². The largest absolute Gasteiger partial charge is 0.124 e. The van der Waals surface area contributed by atoms with Crippen LogP contribution < -0.4 is 5.19 Å². The van der Waals surface area contributed by atoms with Crippen LogP contribution in [-0.2, 0) is 0 Å². The number of rotatable bonds is 3. The summed E-state index contributed by atoms with van der Waals surface area (Å²) in [6.45, 7) is 7.33. The van der Waals surface area contributed by atoms with Crippen LogP contribution in [0.3, 0.4) is 0 Å². The van der Waals surface area contributed by atoms with Gasteiger partial charge in [0, 0.05) is 0 Å². The van der Waals surface area contributed by atoms with E-state index in [9.17, 15) is 0 Å². The summed E-state index contributed by atoms with van der Waals surface area (Å²) in [5, 5.41) is 4.67. The van der Waals surface area contributed by atoms with Crippen LogP contribution in [0.5, 0.6) is 0 Å². The Morgan fingerprint density at radius 2 is 1.24 bits per heavy atom. The molecular formula is C19H21PSi. The maximum Gasteiger partial charge on any atom is 0.0788 e. The van der Waals surface area contributed by atoms with E-state index in [0.29, 0.717) is 0 Å². The van der Waals surface area contributed by atoms with Crippen LogP contribution in [0.1, 0.15) is 0 Å². The molecule has 3 aromatic rings. The van der Waals surface area contributed by atoms with Gasteiger partial charge in [-0.15, -0.1) is 8.19 Å². The Bertz CT molecular complexity index is 721. The van der Waals surface area contributed by atoms with Crippen LogP contribution in [0.4, 0.5) is 0 Å². The molecule has 0 aliphatic carbocycles. The molecule has 1 heterocycles. The van der Waals surface area contributed by atoms with Crippen molar-refractivity contribution in [3.63, 3.8) is 0 Å². The van der Waals surface area contributed by atoms with E-state index in [2.05, 4.69) is 86.4 Å². The second kappa shape index (κ2) is 5.67. The zero-order valence-corrected chi connectivity index (χ0v) is 14.9. The maximum atomic E-state index is 2.47. The summed E-state index contributed by atoms with van der Waals surface area (Å²) >= 11 is 0. The average molecular weight is 308 g/mol. The zero-order chi connectivity index (χ0) is 14.9. The Morgan fingerprint density at radius 3 is 1.76 bits per heavy atom. The van der Waals surface area contributed by atoms with E-state index in [1.54, 1.807) is 10.5 Å². The van der Waals surface area contributed by atoms with Gasteiger partial charge in [-0.05, 0) is 26.9 Å². The van der Waals surface area contributed by atoms with E-state index in [1.165, 1.54) is 16.4 Å². The molecule has 2 aromatic carbocycles. The van der Waals surface area contributed by atoms with Crippen molar-refractivity contribution in [1.82, 2.24) is 0 Å². The molecule has 0 aliphatic heterocycles. The number of benzene rings is 2. The lowest BCUT2D eigenvalue weighted by Gasteiger charge is -2.17. The van der Waals surface area contributed by atoms with Gasteiger partial charge in [-0.2, -0.15) is 0 Å². The molecule has 3 rings (SSSR count). The fourth-order valence-electron chi connectivity index (χ4n) is 2.65. The Hall–Kier alpha value is -1.56. The van der Waals surface area contributed by atoms with E-state index >= 15 is 0 Å². The first kappa shape index (κ1) is 14.4. The van der Waals surface area contributed by atoms with Crippen molar-refractivity contribution in [3.8, 4) is 21.7 Å². The molecular weight excluding hydrogens is 287 g/mol. The second-order valence-electron chi connectivity index (χ2n) is 6.45. The summed E-state index contributed by atoms with van der Waals surface area (Å²) in [5.74, 6) is 0. The van der Waals surface area contributed by atoms with Crippen LogP contribution in [0.25, 0.3) is 21.7 Å². The van der Waals surface area contributed by atoms with Crippen LogP contribution in [0.2, 0.25) is 19.6 Å². The monoisotopic (exact) mass is 308 g/mol. The normalized spacial score (nSPS) is 12.0. The maximum absolute atomic E-state index is 2.47. The van der Waals surface area contributed by atoms with Crippen LogP contribution in [0.15, 0.2) is 66.7 Å². The highest BCUT2D eigenvalue weighted by atomic mass is 31.0. The lowest BCUT2D eigenvalue weighted by atomic mass is 10.1. The second-order valence-corrected chi connectivity index (χ2v) is 12.8. The minimum Gasteiger partial charge on any atom is -0.124 e. The lowest BCUT2D eigenvalue weighted by molar-refractivity contribution is 1.68. The fraction of sp³-hybridized carbons (Fsp3) is 0.158. The summed E-state index contributed by atoms with van der Waals surface area (Å²) < 4.78 is 0. The molecule has 0 bridgehead atoms. The van der Waals surface area contributed by atoms with E-state index in [1.807, 2.05) is 0 Å². The quantitative estimate of drug-likeness (QED) is 0.553. The Labute approximate surface area is 130 Å². The van der Waals surface area contributed by atoms with Crippen molar-refractivity contribution < 1.29 is 0 Å². The van der Waals surface area contributed by atoms with Crippen molar-refractivity contribution in [3.05, 3.63) is 66.7 Å². The Morgan fingerprint density at radius 1 is 0.714 bits per heavy atom. The van der Waals surface area contributed by atoms with E-state index in [4.69, 9.17) is 0 Å². The summed E-state index contributed by atoms with van der Waals surface area (Å²) in [6.07, 6.45) is 0. The van der Waals surface area contributed by atoms with Gasteiger partial charge in [0.15, 0.2) is 0 Å². The fourth-order valence-corrected chi connectivity index (χ4v) is 6.90. The third-order valence-corrected chi connectivity index (χ3v) is 7.54. The molecule has 0 amide bonds. The molecule has 1 atom stereocenters. The van der Waals surface area contributed by atoms with Crippen LogP contribution in [0, 0.1) is 0 Å². The molecule has 1 aromatic heterocycles. The standard InChI is InChI=1S/C19H21PSi/c1-21(2,3)18-14-17(15-10-6-4-7-11-15)20-19(18)16-12-8-5-9-13-16/h4-14,20H,1-3H3. The van der Waals surface area contributed by atoms with Gasteiger partial charge < -0.3 is 0 Å². The first-order chi connectivity index (χ1) is 10.1. The van der Waals surface area contributed by atoms with Gasteiger partial charge in [-0.3, -0.25) is 0 Å². The zero-order valence-electron chi connectivity index (χ0n) is 12.9. The third kappa shape index (κ3) is 3.05. The molecule has 0 nitrogen and oxygen atoms in total. The van der Waals surface area contributed by atoms with E-state index in [0.717, 1.165) is 8.19 Å². The highest BCUT2D eigenvalue weighted by Crippen LogP contribution is 2.38. The molecule has 0 saturated carbocycles. The highest BCUT2D eigenvalue weighted by Gasteiger charge is 2.23. The Kier molecular flexibility index (Phi) is 3.88. The number of hydrogen-bond donors (Lipinski definition) is 0. The van der Waals surface area contributed by atoms with Crippen molar-refractivity contribution in [1.29, 1.82) is 0 Å². The molecule has 0 N–H and O–H groups in total. The van der Waals surface area contributed by atoms with Crippen molar-refractivity contribution in [2.24, 2.45) is 0 Å². The van der Waals surface area contributed by atoms with E-state index in [-0.39, 0.29) is 0 Å². The first-order valence-corrected chi connectivity index (χ1v) is 11.9. The van der Waals surface area contributed by atoms with Gasteiger partial charge in [0.25, 0.3) is 0 Å². The third-order valence-electron chi connectivity index (χ3n) is 3.77. The molecule has 0 spiro atoms. The van der Waals surface area contributed by atoms with E-state index < -0.39 is 8.07 Å². The van der Waals surface area contributed by atoms with Gasteiger partial charge in [-0.25, -0.2) is 0 Å². The van der Waals surface area contributed by atoms with Gasteiger partial charge in [0.05, 0.1) is 8.07 Å². The van der Waals surface area contributed by atoms with Gasteiger partial charge >= 0.3 is 0 Å². The highest BCUT2D eigenvalue weighted by molar-refractivity contribution is 7.39. The molecule has 1 unspecified atom stereocenters. The lowest BCUT2D eigenvalue weighted by Crippen LogP contribution is -2.37. The number of hydrogen-bond acceptors (Lipinski definition) is 0. The first-order valence-electron chi connectivity index (χ1n) is 7.40. The average Bonchev–Trinajstić information content (AvgIpc) is 2.94. The molecule has 106 valence electrons. The molecule has 2 heteroatoms. The Balaban J connectivity index is 2.17. The summed E-state index contributed by atoms with van der Waals surface area (Å²) in [7, 11) is -0.559. The predicted molar refractivity (Wildman–Crippen MR) is 99.8 cm³/mol. The SMILES string of the molecule is C[Si](C)(C)c1cc(-c2ccccc2)[pH]c1-c1ccccc1. The molecule has 0 saturated heterocycles. The molecule has 0 fully saturated rings. The summed E-state index contributed by atoms with van der Waals surface area (Å²) in [4.78, 5) is 0. The van der Waals surface area contributed by atoms with Gasteiger partial charge in [0.2, 0.25) is 0 Å².